The van der Waals surface area contributed by atoms with E-state index in [-0.39, 0.29) is 11.9 Å². The second-order valence-electron chi connectivity index (χ2n) is 7.03. The molecule has 3 N–H and O–H groups in total. The van der Waals surface area contributed by atoms with Gasteiger partial charge >= 0.3 is 6.03 Å². The molecular formula is C24H24N4O3. The van der Waals surface area contributed by atoms with Crippen LogP contribution in [0.15, 0.2) is 73.2 Å². The lowest BCUT2D eigenvalue weighted by Crippen LogP contribution is -2.32. The first-order chi connectivity index (χ1) is 15.2. The molecule has 0 bridgehead atoms. The van der Waals surface area contributed by atoms with Gasteiger partial charge in [0.05, 0.1) is 19.9 Å². The van der Waals surface area contributed by atoms with Crippen LogP contribution >= 0.6 is 0 Å². The Morgan fingerprint density at radius 1 is 1.10 bits per heavy atom. The van der Waals surface area contributed by atoms with Crippen molar-refractivity contribution in [3.63, 3.8) is 0 Å². The van der Waals surface area contributed by atoms with E-state index in [1.807, 2.05) is 42.7 Å². The maximum Gasteiger partial charge on any atom is 0.319 e. The van der Waals surface area contributed by atoms with Crippen LogP contribution in [0.25, 0.3) is 10.9 Å². The van der Waals surface area contributed by atoms with E-state index in [0.29, 0.717) is 23.7 Å². The number of anilines is 1. The fourth-order valence-electron chi connectivity index (χ4n) is 3.64. The number of nitrogens with zero attached hydrogens (tertiary/aromatic N) is 1. The van der Waals surface area contributed by atoms with Crippen LogP contribution in [-0.4, -0.2) is 36.8 Å². The minimum Gasteiger partial charge on any atom is -0.497 e. The highest BCUT2D eigenvalue weighted by Gasteiger charge is 2.19. The Kier molecular flexibility index (Phi) is 6.03. The van der Waals surface area contributed by atoms with Crippen molar-refractivity contribution in [1.82, 2.24) is 15.3 Å². The van der Waals surface area contributed by atoms with Crippen LogP contribution in [0.3, 0.4) is 0 Å². The number of amides is 2. The van der Waals surface area contributed by atoms with Crippen LogP contribution in [0.1, 0.15) is 17.0 Å². The molecule has 7 heteroatoms. The van der Waals surface area contributed by atoms with Crippen LogP contribution in [0.5, 0.6) is 11.5 Å². The fraction of sp³-hybridized carbons (Fsp3) is 0.167. The summed E-state index contributed by atoms with van der Waals surface area (Å²) in [7, 11) is 3.13. The molecule has 2 heterocycles. The maximum absolute atomic E-state index is 12.7. The quantitative estimate of drug-likeness (QED) is 0.413. The monoisotopic (exact) mass is 416 g/mol. The summed E-state index contributed by atoms with van der Waals surface area (Å²) < 4.78 is 10.6. The van der Waals surface area contributed by atoms with Gasteiger partial charge in [-0.2, -0.15) is 0 Å². The fourth-order valence-corrected chi connectivity index (χ4v) is 3.64. The number of methoxy groups -OCH3 is 2. The lowest BCUT2D eigenvalue weighted by atomic mass is 9.92. The Labute approximate surface area is 180 Å². The summed E-state index contributed by atoms with van der Waals surface area (Å²) in [6, 6.07) is 16.9. The predicted molar refractivity (Wildman–Crippen MR) is 121 cm³/mol. The Bertz CT molecular complexity index is 1170. The normalized spacial score (nSPS) is 11.7. The first-order valence-corrected chi connectivity index (χ1v) is 9.92. The number of carbonyl (C=O) groups is 1. The molecule has 0 radical (unpaired) electrons. The molecule has 4 aromatic rings. The van der Waals surface area contributed by atoms with Crippen LogP contribution in [0.4, 0.5) is 10.5 Å². The number of urea groups is 1. The van der Waals surface area contributed by atoms with Crippen molar-refractivity contribution in [3.8, 4) is 11.5 Å². The molecule has 0 aliphatic heterocycles. The highest BCUT2D eigenvalue weighted by Crippen LogP contribution is 2.31. The van der Waals surface area contributed by atoms with E-state index in [9.17, 15) is 4.79 Å². The molecule has 0 spiro atoms. The Balaban J connectivity index is 1.55. The Morgan fingerprint density at radius 2 is 1.97 bits per heavy atom. The number of H-pyrrole nitrogens is 1. The zero-order chi connectivity index (χ0) is 21.6. The summed E-state index contributed by atoms with van der Waals surface area (Å²) >= 11 is 0. The minimum absolute atomic E-state index is 0.0668. The molecule has 0 saturated carbocycles. The largest absolute Gasteiger partial charge is 0.497 e. The summed E-state index contributed by atoms with van der Waals surface area (Å²) in [4.78, 5) is 20.3. The summed E-state index contributed by atoms with van der Waals surface area (Å²) in [5.41, 5.74) is 3.70. The van der Waals surface area contributed by atoms with E-state index in [4.69, 9.17) is 9.47 Å². The number of benzene rings is 2. The number of fused-ring (bicyclic) bond motifs is 1. The molecule has 0 fully saturated rings. The number of nitrogens with one attached hydrogen (secondary N) is 3. The number of rotatable bonds is 7. The van der Waals surface area contributed by atoms with E-state index in [1.54, 1.807) is 38.6 Å². The van der Waals surface area contributed by atoms with Crippen LogP contribution in [0, 0.1) is 0 Å². The topological polar surface area (TPSA) is 88.3 Å². The molecule has 4 rings (SSSR count). The zero-order valence-electron chi connectivity index (χ0n) is 17.4. The molecule has 2 amide bonds. The van der Waals surface area contributed by atoms with Crippen LogP contribution in [-0.2, 0) is 0 Å². The number of carbonyl (C=O) groups excluding carboxylic acids is 1. The van der Waals surface area contributed by atoms with E-state index in [2.05, 4.69) is 26.7 Å². The molecule has 2 aromatic carbocycles. The second-order valence-corrected chi connectivity index (χ2v) is 7.03. The summed E-state index contributed by atoms with van der Waals surface area (Å²) in [5, 5.41) is 6.95. The van der Waals surface area contributed by atoms with E-state index >= 15 is 0 Å². The molecule has 31 heavy (non-hydrogen) atoms. The summed E-state index contributed by atoms with van der Waals surface area (Å²) in [5.74, 6) is 1.11. The Morgan fingerprint density at radius 3 is 2.74 bits per heavy atom. The molecule has 7 nitrogen and oxygen atoms in total. The van der Waals surface area contributed by atoms with Crippen molar-refractivity contribution in [2.24, 2.45) is 0 Å². The SMILES string of the molecule is COc1ccc(OC)c(NC(=O)NC[C@H](c2cccnc2)c2c[nH]c3ccccc23)c1. The average Bonchev–Trinajstić information content (AvgIpc) is 3.24. The smallest absolute Gasteiger partial charge is 0.319 e. The number of aromatic amines is 1. The van der Waals surface area contributed by atoms with Gasteiger partial charge in [-0.3, -0.25) is 4.98 Å². The van der Waals surface area contributed by atoms with Gasteiger partial charge in [0.2, 0.25) is 0 Å². The number of pyridine rings is 1. The number of aromatic nitrogens is 2. The number of hydrogen-bond acceptors (Lipinski definition) is 4. The van der Waals surface area contributed by atoms with Crippen LogP contribution < -0.4 is 20.1 Å². The first-order valence-electron chi connectivity index (χ1n) is 9.92. The van der Waals surface area contributed by atoms with Gasteiger partial charge in [-0.1, -0.05) is 24.3 Å². The number of ether oxygens (including phenoxy) is 2. The van der Waals surface area contributed by atoms with Gasteiger partial charge in [0.15, 0.2) is 0 Å². The number of hydrogen-bond donors (Lipinski definition) is 3. The number of para-hydroxylation sites is 1. The molecule has 1 atom stereocenters. The molecule has 2 aromatic heterocycles. The van der Waals surface area contributed by atoms with Gasteiger partial charge in [0.25, 0.3) is 0 Å². The van der Waals surface area contributed by atoms with Gasteiger partial charge in [0.1, 0.15) is 11.5 Å². The van der Waals surface area contributed by atoms with Gasteiger partial charge < -0.3 is 25.1 Å². The highest BCUT2D eigenvalue weighted by molar-refractivity contribution is 5.91. The standard InChI is InChI=1S/C24H24N4O3/c1-30-17-9-10-23(31-2)22(12-17)28-24(29)27-14-19(16-6-5-11-25-13-16)20-15-26-21-8-4-3-7-18(20)21/h3-13,15,19,26H,14H2,1-2H3,(H2,27,28,29)/t19-/m1/s1. The van der Waals surface area contributed by atoms with Crippen molar-refractivity contribution in [2.75, 3.05) is 26.1 Å². The molecular weight excluding hydrogens is 392 g/mol. The lowest BCUT2D eigenvalue weighted by molar-refractivity contribution is 0.251. The van der Waals surface area contributed by atoms with Crippen molar-refractivity contribution in [3.05, 3.63) is 84.3 Å². The maximum atomic E-state index is 12.7. The molecule has 0 aliphatic carbocycles. The van der Waals surface area contributed by atoms with Gasteiger partial charge in [-0.15, -0.1) is 0 Å². The van der Waals surface area contributed by atoms with E-state index in [1.165, 1.54) is 0 Å². The first kappa shape index (κ1) is 20.3. The van der Waals surface area contributed by atoms with Crippen LogP contribution in [0.2, 0.25) is 0 Å². The van der Waals surface area contributed by atoms with Gasteiger partial charge in [-0.25, -0.2) is 4.79 Å². The third-order valence-electron chi connectivity index (χ3n) is 5.21. The zero-order valence-corrected chi connectivity index (χ0v) is 17.4. The predicted octanol–water partition coefficient (Wildman–Crippen LogP) is 4.53. The Hall–Kier alpha value is -4.00. The summed E-state index contributed by atoms with van der Waals surface area (Å²) in [6.45, 7) is 0.395. The average molecular weight is 416 g/mol. The lowest BCUT2D eigenvalue weighted by Gasteiger charge is -2.18. The van der Waals surface area contributed by atoms with Gasteiger partial charge in [-0.05, 0) is 35.4 Å². The van der Waals surface area contributed by atoms with Crippen molar-refractivity contribution >= 4 is 22.6 Å². The molecule has 0 unspecified atom stereocenters. The van der Waals surface area contributed by atoms with Crippen molar-refractivity contribution in [2.45, 2.75) is 5.92 Å². The minimum atomic E-state index is -0.333. The highest BCUT2D eigenvalue weighted by atomic mass is 16.5. The third-order valence-corrected chi connectivity index (χ3v) is 5.21. The molecule has 0 saturated heterocycles. The van der Waals surface area contributed by atoms with Crippen molar-refractivity contribution in [1.29, 1.82) is 0 Å². The molecule has 158 valence electrons. The van der Waals surface area contributed by atoms with E-state index in [0.717, 1.165) is 22.0 Å². The van der Waals surface area contributed by atoms with E-state index < -0.39 is 0 Å². The second kappa shape index (κ2) is 9.21. The van der Waals surface area contributed by atoms with Crippen molar-refractivity contribution < 1.29 is 14.3 Å². The third kappa shape index (κ3) is 4.45. The van der Waals surface area contributed by atoms with Gasteiger partial charge in [0, 0.05) is 48.0 Å². The molecule has 0 aliphatic rings. The summed E-state index contributed by atoms with van der Waals surface area (Å²) in [6.07, 6.45) is 5.56.